The van der Waals surface area contributed by atoms with Crippen molar-refractivity contribution in [3.05, 3.63) is 87.0 Å². The van der Waals surface area contributed by atoms with Crippen molar-refractivity contribution >= 4 is 33.1 Å². The summed E-state index contributed by atoms with van der Waals surface area (Å²) in [6.45, 7) is 4.44. The molecule has 0 N–H and O–H groups in total. The summed E-state index contributed by atoms with van der Waals surface area (Å²) in [6, 6.07) is 1.47. The molecule has 0 aliphatic carbocycles. The summed E-state index contributed by atoms with van der Waals surface area (Å²) in [5, 5.41) is 23.0. The van der Waals surface area contributed by atoms with Gasteiger partial charge in [-0.3, -0.25) is 25.0 Å². The van der Waals surface area contributed by atoms with Gasteiger partial charge in [0.05, 0.1) is 28.8 Å². The number of allylic oxidation sites excluding steroid dienone is 8. The van der Waals surface area contributed by atoms with Crippen LogP contribution in [0.2, 0.25) is 0 Å². The van der Waals surface area contributed by atoms with Gasteiger partial charge in [0.1, 0.15) is 10.9 Å². The molecule has 0 saturated carbocycles. The van der Waals surface area contributed by atoms with Crippen molar-refractivity contribution < 1.29 is 32.6 Å². The number of methoxy groups -OCH3 is 1. The Morgan fingerprint density at radius 1 is 0.692 bits per heavy atom. The third kappa shape index (κ3) is 24.8. The highest BCUT2D eigenvalue weighted by Crippen LogP contribution is 2.34. The number of amides is 1. The van der Waals surface area contributed by atoms with Gasteiger partial charge >= 0.3 is 5.97 Å². The molecule has 0 spiro atoms. The van der Waals surface area contributed by atoms with Crippen LogP contribution in [0.25, 0.3) is 0 Å². The van der Waals surface area contributed by atoms with E-state index in [-0.39, 0.29) is 31.2 Å². The number of carbonyl (C=O) groups is 2. The molecule has 2 atom stereocenters. The Bertz CT molecular complexity index is 1710. The number of rotatable bonds is 38. The summed E-state index contributed by atoms with van der Waals surface area (Å²) < 4.78 is 32.1. The highest BCUT2D eigenvalue weighted by atomic mass is 32.2. The van der Waals surface area contributed by atoms with Gasteiger partial charge < -0.3 is 9.64 Å². The Kier molecular flexibility index (Phi) is 30.8. The van der Waals surface area contributed by atoms with Crippen LogP contribution in [-0.4, -0.2) is 60.5 Å². The molecular formula is C52H83N3O9S. The van der Waals surface area contributed by atoms with Crippen molar-refractivity contribution in [2.75, 3.05) is 19.4 Å². The van der Waals surface area contributed by atoms with Crippen molar-refractivity contribution in [3.8, 4) is 0 Å². The number of hydrogen-bond donors (Lipinski definition) is 0. The maximum atomic E-state index is 14.1. The molecule has 366 valence electrons. The number of sulfone groups is 1. The molecular weight excluding hydrogens is 843 g/mol. The molecule has 0 aromatic heterocycles. The van der Waals surface area contributed by atoms with E-state index in [2.05, 4.69) is 62.5 Å². The summed E-state index contributed by atoms with van der Waals surface area (Å²) in [6.07, 6.45) is 48.2. The number of esters is 1. The number of nitro groups is 2. The van der Waals surface area contributed by atoms with Crippen molar-refractivity contribution in [1.82, 2.24) is 4.90 Å². The van der Waals surface area contributed by atoms with Crippen LogP contribution in [0.15, 0.2) is 71.7 Å². The first-order chi connectivity index (χ1) is 31.4. The largest absolute Gasteiger partial charge is 0.467 e. The van der Waals surface area contributed by atoms with Gasteiger partial charge in [-0.2, -0.15) is 0 Å². The van der Waals surface area contributed by atoms with E-state index in [4.69, 9.17) is 4.74 Å². The van der Waals surface area contributed by atoms with Gasteiger partial charge in [0.25, 0.3) is 11.4 Å². The topological polar surface area (TPSA) is 167 Å². The first kappa shape index (κ1) is 57.0. The monoisotopic (exact) mass is 926 g/mol. The van der Waals surface area contributed by atoms with Crippen LogP contribution in [-0.2, 0) is 24.2 Å². The minimum atomic E-state index is -4.32. The van der Waals surface area contributed by atoms with Crippen LogP contribution in [0.3, 0.4) is 0 Å². The molecule has 1 aliphatic heterocycles. The fourth-order valence-corrected chi connectivity index (χ4v) is 10.4. The first-order valence-corrected chi connectivity index (χ1v) is 26.7. The molecule has 1 aromatic carbocycles. The number of hydrogen-bond acceptors (Lipinski definition) is 9. The lowest BCUT2D eigenvalue weighted by Crippen LogP contribution is -2.41. The average molecular weight is 926 g/mol. The van der Waals surface area contributed by atoms with Crippen LogP contribution in [0.5, 0.6) is 0 Å². The van der Waals surface area contributed by atoms with E-state index in [1.165, 1.54) is 102 Å². The number of nitro benzene ring substituents is 2. The normalized spacial score (nSPS) is 15.7. The second-order valence-electron chi connectivity index (χ2n) is 18.0. The van der Waals surface area contributed by atoms with E-state index in [0.717, 1.165) is 89.2 Å². The molecule has 1 aromatic rings. The molecule has 12 nitrogen and oxygen atoms in total. The third-order valence-electron chi connectivity index (χ3n) is 12.4. The Morgan fingerprint density at radius 3 is 1.60 bits per heavy atom. The fraction of sp³-hybridized carbons (Fsp3) is 0.692. The van der Waals surface area contributed by atoms with E-state index in [1.807, 2.05) is 0 Å². The molecule has 1 saturated heterocycles. The first-order valence-electron chi connectivity index (χ1n) is 25.1. The molecule has 1 amide bonds. The lowest BCUT2D eigenvalue weighted by atomic mass is 9.90. The summed E-state index contributed by atoms with van der Waals surface area (Å²) >= 11 is 0. The maximum absolute atomic E-state index is 14.1. The highest BCUT2D eigenvalue weighted by molar-refractivity contribution is 7.91. The lowest BCUT2D eigenvalue weighted by Gasteiger charge is -2.25. The number of benzene rings is 1. The van der Waals surface area contributed by atoms with Gasteiger partial charge in [-0.25, -0.2) is 13.2 Å². The minimum absolute atomic E-state index is 0.0127. The molecule has 0 bridgehead atoms. The van der Waals surface area contributed by atoms with Crippen LogP contribution in [0.4, 0.5) is 11.4 Å². The molecule has 2 rings (SSSR count). The van der Waals surface area contributed by atoms with Gasteiger partial charge in [0.2, 0.25) is 5.91 Å². The van der Waals surface area contributed by atoms with Crippen LogP contribution in [0.1, 0.15) is 194 Å². The van der Waals surface area contributed by atoms with Gasteiger partial charge in [0, 0.05) is 19.0 Å². The van der Waals surface area contributed by atoms with Crippen molar-refractivity contribution in [3.63, 3.8) is 0 Å². The number of unbranched alkanes of at least 4 members (excludes halogenated alkanes) is 18. The standard InChI is InChI=1S/C52H83N3O9S/c1-4-6-8-10-12-14-16-18-20-22-24-26-28-30-32-34-36-45(37-35-33-31-29-27-25-23-21-19-17-15-13-11-9-7-5-2)41-51(56)53-43-46(40-49(53)52(57)64-3)44-65(62,63)50-39-38-47(54(58)59)42-48(50)55(60)61/h12-15,18-21,38-39,42,45-46,49H,4-11,16-17,22-37,40-41,43-44H2,1-3H3/b14-12-,15-13-,20-18-,21-19-/t46-,49-/m0/s1. The molecule has 1 aliphatic rings. The zero-order chi connectivity index (χ0) is 47.5. The molecule has 0 radical (unpaired) electrons. The van der Waals surface area contributed by atoms with Gasteiger partial charge in [-0.1, -0.05) is 152 Å². The zero-order valence-corrected chi connectivity index (χ0v) is 41.0. The number of nitrogens with zero attached hydrogens (tertiary/aromatic N) is 3. The number of carbonyl (C=O) groups excluding carboxylic acids is 2. The molecule has 13 heteroatoms. The van der Waals surface area contributed by atoms with E-state index in [1.54, 1.807) is 0 Å². The molecule has 1 heterocycles. The predicted octanol–water partition coefficient (Wildman–Crippen LogP) is 14.1. The van der Waals surface area contributed by atoms with E-state index in [0.29, 0.717) is 6.07 Å². The third-order valence-corrected chi connectivity index (χ3v) is 14.3. The summed E-state index contributed by atoms with van der Waals surface area (Å²) in [5.41, 5.74) is -1.48. The molecule has 0 unspecified atom stereocenters. The smallest absolute Gasteiger partial charge is 0.328 e. The van der Waals surface area contributed by atoms with Crippen molar-refractivity contribution in [2.45, 2.75) is 205 Å². The van der Waals surface area contributed by atoms with Crippen LogP contribution >= 0.6 is 0 Å². The zero-order valence-electron chi connectivity index (χ0n) is 40.2. The van der Waals surface area contributed by atoms with E-state index >= 15 is 0 Å². The highest BCUT2D eigenvalue weighted by Gasteiger charge is 2.43. The SMILES string of the molecule is CCCCC/C=C\C/C=C\CCCCCCCCC(CCCCCCCC/C=C\C/C=C\CCCCC)CC(=O)N1C[C@@H](CS(=O)(=O)c2ccc([N+](=O)[O-])cc2[N+](=O)[O-])C[C@H]1C(=O)OC. The second kappa shape index (κ2) is 35.1. The Hall–Kier alpha value is -4.13. The molecule has 65 heavy (non-hydrogen) atoms. The summed E-state index contributed by atoms with van der Waals surface area (Å²) in [5.74, 6) is -1.98. The Balaban J connectivity index is 1.95. The number of ether oxygens (including phenoxy) is 1. The van der Waals surface area contributed by atoms with E-state index in [9.17, 15) is 38.2 Å². The number of non-ortho nitro benzene ring substituents is 1. The maximum Gasteiger partial charge on any atom is 0.328 e. The summed E-state index contributed by atoms with van der Waals surface area (Å²) in [4.78, 5) is 49.1. The van der Waals surface area contributed by atoms with Gasteiger partial charge in [-0.15, -0.1) is 0 Å². The van der Waals surface area contributed by atoms with Crippen molar-refractivity contribution in [2.24, 2.45) is 11.8 Å². The quantitative estimate of drug-likeness (QED) is 0.0206. The van der Waals surface area contributed by atoms with Gasteiger partial charge in [-0.05, 0) is 101 Å². The molecule has 1 fully saturated rings. The van der Waals surface area contributed by atoms with E-state index < -0.39 is 59.6 Å². The Morgan fingerprint density at radius 2 is 1.15 bits per heavy atom. The van der Waals surface area contributed by atoms with Crippen LogP contribution < -0.4 is 0 Å². The fourth-order valence-electron chi connectivity index (χ4n) is 8.66. The second-order valence-corrected chi connectivity index (χ2v) is 20.0. The lowest BCUT2D eigenvalue weighted by molar-refractivity contribution is -0.396. The summed E-state index contributed by atoms with van der Waals surface area (Å²) in [7, 11) is -3.09. The predicted molar refractivity (Wildman–Crippen MR) is 263 cm³/mol. The number of likely N-dealkylation sites (tertiary alicyclic amines) is 1. The van der Waals surface area contributed by atoms with Gasteiger partial charge in [0.15, 0.2) is 9.84 Å². The van der Waals surface area contributed by atoms with Crippen molar-refractivity contribution in [1.29, 1.82) is 0 Å². The Labute approximate surface area is 392 Å². The van der Waals surface area contributed by atoms with Crippen LogP contribution in [0, 0.1) is 32.1 Å². The average Bonchev–Trinajstić information content (AvgIpc) is 3.71. The minimum Gasteiger partial charge on any atom is -0.467 e.